The van der Waals surface area contributed by atoms with Gasteiger partial charge in [0, 0.05) is 18.1 Å². The van der Waals surface area contributed by atoms with Crippen molar-refractivity contribution in [2.45, 2.75) is 58.3 Å². The summed E-state index contributed by atoms with van der Waals surface area (Å²) in [5, 5.41) is 3.18. The van der Waals surface area contributed by atoms with Gasteiger partial charge in [-0.3, -0.25) is 4.79 Å². The SMILES string of the molecule is CC[C@@H](Oc1cccc(OC)c1)C(=O)N[C@H]1CC(C)(C)Oc2ccc(C)cc21. The van der Waals surface area contributed by atoms with Gasteiger partial charge in [0.2, 0.25) is 0 Å². The highest BCUT2D eigenvalue weighted by Gasteiger charge is 2.35. The second-order valence-corrected chi connectivity index (χ2v) is 7.86. The molecule has 0 unspecified atom stereocenters. The quantitative estimate of drug-likeness (QED) is 0.793. The van der Waals surface area contributed by atoms with E-state index in [4.69, 9.17) is 14.2 Å². The van der Waals surface area contributed by atoms with Crippen LogP contribution >= 0.6 is 0 Å². The summed E-state index contributed by atoms with van der Waals surface area (Å²) < 4.78 is 17.3. The molecule has 1 amide bonds. The Balaban J connectivity index is 1.77. The van der Waals surface area contributed by atoms with Crippen molar-refractivity contribution in [1.29, 1.82) is 0 Å². The molecule has 1 N–H and O–H groups in total. The highest BCUT2D eigenvalue weighted by molar-refractivity contribution is 5.81. The van der Waals surface area contributed by atoms with Gasteiger partial charge in [-0.1, -0.05) is 30.7 Å². The molecule has 0 saturated carbocycles. The van der Waals surface area contributed by atoms with Crippen molar-refractivity contribution >= 4 is 5.91 Å². The maximum absolute atomic E-state index is 13.0. The van der Waals surface area contributed by atoms with Crippen molar-refractivity contribution in [1.82, 2.24) is 5.32 Å². The van der Waals surface area contributed by atoms with E-state index in [1.807, 2.05) is 58.0 Å². The number of hydrogen-bond acceptors (Lipinski definition) is 4. The van der Waals surface area contributed by atoms with E-state index in [0.29, 0.717) is 24.3 Å². The molecule has 3 rings (SSSR count). The number of rotatable bonds is 6. The van der Waals surface area contributed by atoms with E-state index >= 15 is 0 Å². The van der Waals surface area contributed by atoms with Crippen LogP contribution in [0.3, 0.4) is 0 Å². The monoisotopic (exact) mass is 383 g/mol. The first kappa shape index (κ1) is 20.1. The maximum Gasteiger partial charge on any atom is 0.261 e. The van der Waals surface area contributed by atoms with Crippen LogP contribution in [0.1, 0.15) is 50.8 Å². The minimum atomic E-state index is -0.577. The number of aryl methyl sites for hydroxylation is 1. The van der Waals surface area contributed by atoms with Crippen LogP contribution in [0.15, 0.2) is 42.5 Å². The Labute approximate surface area is 167 Å². The van der Waals surface area contributed by atoms with Crippen LogP contribution in [0.4, 0.5) is 0 Å². The van der Waals surface area contributed by atoms with Gasteiger partial charge in [0.1, 0.15) is 22.8 Å². The molecule has 28 heavy (non-hydrogen) atoms. The number of nitrogens with one attached hydrogen (secondary N) is 1. The van der Waals surface area contributed by atoms with E-state index in [-0.39, 0.29) is 17.6 Å². The number of carbonyl (C=O) groups is 1. The third-order valence-electron chi connectivity index (χ3n) is 4.92. The minimum Gasteiger partial charge on any atom is -0.497 e. The summed E-state index contributed by atoms with van der Waals surface area (Å²) in [7, 11) is 1.61. The number of hydrogen-bond donors (Lipinski definition) is 1. The summed E-state index contributed by atoms with van der Waals surface area (Å²) in [6, 6.07) is 13.3. The minimum absolute atomic E-state index is 0.117. The predicted molar refractivity (Wildman–Crippen MR) is 109 cm³/mol. The molecular weight excluding hydrogens is 354 g/mol. The van der Waals surface area contributed by atoms with Crippen molar-refractivity contribution in [2.75, 3.05) is 7.11 Å². The first-order valence-corrected chi connectivity index (χ1v) is 9.72. The van der Waals surface area contributed by atoms with Gasteiger partial charge in [-0.05, 0) is 45.4 Å². The number of carbonyl (C=O) groups excluding carboxylic acids is 1. The van der Waals surface area contributed by atoms with Crippen LogP contribution in [0.2, 0.25) is 0 Å². The number of ether oxygens (including phenoxy) is 3. The molecule has 5 nitrogen and oxygen atoms in total. The Kier molecular flexibility index (Phi) is 5.82. The molecule has 2 atom stereocenters. The predicted octanol–water partition coefficient (Wildman–Crippen LogP) is 4.58. The molecule has 1 heterocycles. The standard InChI is InChI=1S/C23H29NO4/c1-6-20(27-17-9-7-8-16(13-17)26-5)22(25)24-19-14-23(3,4)28-21-11-10-15(2)12-18(19)21/h7-13,19-20H,6,14H2,1-5H3,(H,24,25)/t19-,20+/m0/s1. The summed E-state index contributed by atoms with van der Waals surface area (Å²) in [6.45, 7) is 8.06. The van der Waals surface area contributed by atoms with E-state index in [1.165, 1.54) is 0 Å². The van der Waals surface area contributed by atoms with Crippen LogP contribution in [0.25, 0.3) is 0 Å². The third kappa shape index (κ3) is 4.58. The maximum atomic E-state index is 13.0. The van der Waals surface area contributed by atoms with Gasteiger partial charge >= 0.3 is 0 Å². The molecule has 5 heteroatoms. The smallest absolute Gasteiger partial charge is 0.261 e. The van der Waals surface area contributed by atoms with Gasteiger partial charge in [0.15, 0.2) is 6.10 Å². The van der Waals surface area contributed by atoms with Gasteiger partial charge in [-0.25, -0.2) is 0 Å². The van der Waals surface area contributed by atoms with Gasteiger partial charge in [0.25, 0.3) is 5.91 Å². The molecule has 0 radical (unpaired) electrons. The van der Waals surface area contributed by atoms with Crippen molar-refractivity contribution in [2.24, 2.45) is 0 Å². The summed E-state index contributed by atoms with van der Waals surface area (Å²) in [5.74, 6) is 2.02. The third-order valence-corrected chi connectivity index (χ3v) is 4.92. The molecule has 1 aliphatic rings. The lowest BCUT2D eigenvalue weighted by Gasteiger charge is -2.38. The van der Waals surface area contributed by atoms with Gasteiger partial charge in [0.05, 0.1) is 13.2 Å². The zero-order valence-electron chi connectivity index (χ0n) is 17.2. The average molecular weight is 383 g/mol. The van der Waals surface area contributed by atoms with Crippen LogP contribution in [0.5, 0.6) is 17.2 Å². The highest BCUT2D eigenvalue weighted by atomic mass is 16.5. The van der Waals surface area contributed by atoms with E-state index in [0.717, 1.165) is 16.9 Å². The van der Waals surface area contributed by atoms with Crippen LogP contribution in [0, 0.1) is 6.92 Å². The summed E-state index contributed by atoms with van der Waals surface area (Å²) in [5.41, 5.74) is 1.81. The van der Waals surface area contributed by atoms with Gasteiger partial charge in [-0.15, -0.1) is 0 Å². The second kappa shape index (κ2) is 8.13. The Hall–Kier alpha value is -2.69. The molecule has 0 fully saturated rings. The fraction of sp³-hybridized carbons (Fsp3) is 0.435. The summed E-state index contributed by atoms with van der Waals surface area (Å²) in [6.07, 6.45) is 0.688. The molecule has 2 aromatic carbocycles. The molecular formula is C23H29NO4. The second-order valence-electron chi connectivity index (χ2n) is 7.86. The van der Waals surface area contributed by atoms with E-state index in [2.05, 4.69) is 11.4 Å². The average Bonchev–Trinajstić information content (AvgIpc) is 2.66. The topological polar surface area (TPSA) is 56.8 Å². The molecule has 150 valence electrons. The number of amides is 1. The molecule has 0 bridgehead atoms. The highest BCUT2D eigenvalue weighted by Crippen LogP contribution is 2.40. The van der Waals surface area contributed by atoms with Gasteiger partial charge < -0.3 is 19.5 Å². The Bertz CT molecular complexity index is 846. The molecule has 2 aromatic rings. The van der Waals surface area contributed by atoms with E-state index in [9.17, 15) is 4.79 Å². The summed E-state index contributed by atoms with van der Waals surface area (Å²) >= 11 is 0. The number of fused-ring (bicyclic) bond motifs is 1. The first-order chi connectivity index (χ1) is 13.3. The Morgan fingerprint density at radius 1 is 1.25 bits per heavy atom. The summed E-state index contributed by atoms with van der Waals surface area (Å²) in [4.78, 5) is 13.0. The van der Waals surface area contributed by atoms with E-state index < -0.39 is 6.10 Å². The molecule has 0 aromatic heterocycles. The lowest BCUT2D eigenvalue weighted by Crippen LogP contribution is -2.45. The zero-order chi connectivity index (χ0) is 20.3. The fourth-order valence-electron chi connectivity index (χ4n) is 3.53. The molecule has 1 aliphatic heterocycles. The normalized spacial score (nSPS) is 18.4. The molecule has 0 saturated heterocycles. The first-order valence-electron chi connectivity index (χ1n) is 9.72. The molecule has 0 aliphatic carbocycles. The molecule has 0 spiro atoms. The van der Waals surface area contributed by atoms with E-state index in [1.54, 1.807) is 13.2 Å². The number of methoxy groups -OCH3 is 1. The fourth-order valence-corrected chi connectivity index (χ4v) is 3.53. The Morgan fingerprint density at radius 3 is 2.71 bits per heavy atom. The van der Waals surface area contributed by atoms with Crippen molar-refractivity contribution in [3.05, 3.63) is 53.6 Å². The van der Waals surface area contributed by atoms with Crippen molar-refractivity contribution in [3.8, 4) is 17.2 Å². The van der Waals surface area contributed by atoms with Crippen molar-refractivity contribution < 1.29 is 19.0 Å². The largest absolute Gasteiger partial charge is 0.497 e. The lowest BCUT2D eigenvalue weighted by atomic mass is 9.88. The zero-order valence-corrected chi connectivity index (χ0v) is 17.2. The van der Waals surface area contributed by atoms with Gasteiger partial charge in [-0.2, -0.15) is 0 Å². The van der Waals surface area contributed by atoms with Crippen LogP contribution < -0.4 is 19.5 Å². The Morgan fingerprint density at radius 2 is 2.00 bits per heavy atom. The lowest BCUT2D eigenvalue weighted by molar-refractivity contribution is -0.129. The van der Waals surface area contributed by atoms with Crippen LogP contribution in [-0.2, 0) is 4.79 Å². The van der Waals surface area contributed by atoms with Crippen LogP contribution in [-0.4, -0.2) is 24.7 Å². The van der Waals surface area contributed by atoms with Crippen molar-refractivity contribution in [3.63, 3.8) is 0 Å². The number of benzene rings is 2.